The Balaban J connectivity index is 2.29. The molecule has 0 unspecified atom stereocenters. The lowest BCUT2D eigenvalue weighted by atomic mass is 10.1. The Morgan fingerprint density at radius 2 is 1.94 bits per heavy atom. The minimum absolute atomic E-state index is 0.407. The lowest BCUT2D eigenvalue weighted by Gasteiger charge is -2.03. The topological polar surface area (TPSA) is 49.3 Å². The molecule has 0 heterocycles. The van der Waals surface area contributed by atoms with Gasteiger partial charge in [0, 0.05) is 18.7 Å². The second kappa shape index (κ2) is 6.75. The molecule has 2 N–H and O–H groups in total. The van der Waals surface area contributed by atoms with E-state index in [2.05, 4.69) is 5.32 Å². The molecule has 0 bridgehead atoms. The third-order valence-corrected chi connectivity index (χ3v) is 2.04. The van der Waals surface area contributed by atoms with Crippen molar-refractivity contribution in [2.24, 2.45) is 0 Å². The summed E-state index contributed by atoms with van der Waals surface area (Å²) in [7, 11) is 0. The van der Waals surface area contributed by atoms with Crippen LogP contribution < -0.4 is 5.32 Å². The van der Waals surface area contributed by atoms with Crippen molar-refractivity contribution in [3.05, 3.63) is 47.5 Å². The van der Waals surface area contributed by atoms with Crippen LogP contribution in [-0.2, 0) is 11.2 Å². The fourth-order valence-electron chi connectivity index (χ4n) is 1.33. The van der Waals surface area contributed by atoms with Gasteiger partial charge in [-0.1, -0.05) is 6.08 Å². The van der Waals surface area contributed by atoms with Crippen LogP contribution in [0.1, 0.15) is 5.56 Å². The van der Waals surface area contributed by atoms with Gasteiger partial charge in [-0.25, -0.2) is 13.6 Å². The maximum absolute atomic E-state index is 12.8. The zero-order valence-electron chi connectivity index (χ0n) is 9.12. The summed E-state index contributed by atoms with van der Waals surface area (Å²) in [5, 5.41) is 11.2. The number of rotatable bonds is 6. The van der Waals surface area contributed by atoms with Crippen molar-refractivity contribution < 1.29 is 18.7 Å². The maximum atomic E-state index is 12.8. The number of carboxylic acid groups (broad SMARTS) is 1. The molecule has 0 aliphatic rings. The quantitative estimate of drug-likeness (QED) is 0.589. The Bertz CT molecular complexity index is 399. The second-order valence-corrected chi connectivity index (χ2v) is 3.47. The predicted molar refractivity (Wildman–Crippen MR) is 59.7 cm³/mol. The average molecular weight is 241 g/mol. The van der Waals surface area contributed by atoms with Crippen LogP contribution in [0.25, 0.3) is 0 Å². The van der Waals surface area contributed by atoms with E-state index in [1.54, 1.807) is 0 Å². The molecule has 3 nitrogen and oxygen atoms in total. The van der Waals surface area contributed by atoms with E-state index in [-0.39, 0.29) is 0 Å². The van der Waals surface area contributed by atoms with Crippen molar-refractivity contribution >= 4 is 5.97 Å². The van der Waals surface area contributed by atoms with Crippen LogP contribution in [0.15, 0.2) is 30.4 Å². The van der Waals surface area contributed by atoms with Gasteiger partial charge in [0.1, 0.15) is 11.6 Å². The number of benzene rings is 1. The monoisotopic (exact) mass is 241 g/mol. The van der Waals surface area contributed by atoms with Gasteiger partial charge in [0.2, 0.25) is 0 Å². The van der Waals surface area contributed by atoms with Gasteiger partial charge in [-0.3, -0.25) is 0 Å². The molecule has 1 aromatic rings. The molecule has 0 radical (unpaired) electrons. The summed E-state index contributed by atoms with van der Waals surface area (Å²) < 4.78 is 25.6. The van der Waals surface area contributed by atoms with Gasteiger partial charge in [-0.05, 0) is 30.7 Å². The van der Waals surface area contributed by atoms with E-state index in [0.717, 1.165) is 12.1 Å². The highest BCUT2D eigenvalue weighted by molar-refractivity contribution is 5.79. The van der Waals surface area contributed by atoms with Crippen LogP contribution in [0.2, 0.25) is 0 Å². The number of hydrogen-bond acceptors (Lipinski definition) is 2. The number of carbonyl (C=O) groups is 1. The molecule has 5 heteroatoms. The Morgan fingerprint density at radius 3 is 2.53 bits per heavy atom. The number of hydrogen-bond donors (Lipinski definition) is 2. The van der Waals surface area contributed by atoms with E-state index in [1.807, 2.05) is 0 Å². The van der Waals surface area contributed by atoms with E-state index < -0.39 is 17.6 Å². The van der Waals surface area contributed by atoms with Crippen LogP contribution in [-0.4, -0.2) is 24.2 Å². The van der Waals surface area contributed by atoms with Gasteiger partial charge < -0.3 is 10.4 Å². The van der Waals surface area contributed by atoms with Crippen molar-refractivity contribution in [3.63, 3.8) is 0 Å². The first kappa shape index (κ1) is 13.3. The SMILES string of the molecule is O=C(O)/C=C/CNCCc1cc(F)cc(F)c1. The zero-order chi connectivity index (χ0) is 12.7. The van der Waals surface area contributed by atoms with E-state index in [0.29, 0.717) is 25.1 Å². The first-order valence-electron chi connectivity index (χ1n) is 5.13. The Hall–Kier alpha value is -1.75. The van der Waals surface area contributed by atoms with Crippen molar-refractivity contribution in [1.29, 1.82) is 0 Å². The summed E-state index contributed by atoms with van der Waals surface area (Å²) in [5.41, 5.74) is 0.567. The first-order valence-corrected chi connectivity index (χ1v) is 5.13. The van der Waals surface area contributed by atoms with Crippen molar-refractivity contribution in [2.45, 2.75) is 6.42 Å². The van der Waals surface area contributed by atoms with Gasteiger partial charge in [-0.2, -0.15) is 0 Å². The molecule has 1 rings (SSSR count). The molecule has 0 aromatic heterocycles. The Morgan fingerprint density at radius 1 is 1.29 bits per heavy atom. The second-order valence-electron chi connectivity index (χ2n) is 3.47. The van der Waals surface area contributed by atoms with Crippen molar-refractivity contribution in [3.8, 4) is 0 Å². The minimum Gasteiger partial charge on any atom is -0.478 e. The summed E-state index contributed by atoms with van der Waals surface area (Å²) in [6, 6.07) is 3.38. The number of aliphatic carboxylic acids is 1. The van der Waals surface area contributed by atoms with E-state index in [4.69, 9.17) is 5.11 Å². The van der Waals surface area contributed by atoms with Crippen LogP contribution in [0.3, 0.4) is 0 Å². The van der Waals surface area contributed by atoms with Crippen LogP contribution in [0.5, 0.6) is 0 Å². The fourth-order valence-corrected chi connectivity index (χ4v) is 1.33. The highest BCUT2D eigenvalue weighted by atomic mass is 19.1. The van der Waals surface area contributed by atoms with Gasteiger partial charge in [0.25, 0.3) is 0 Å². The summed E-state index contributed by atoms with van der Waals surface area (Å²) in [4.78, 5) is 10.1. The average Bonchev–Trinajstić information content (AvgIpc) is 2.21. The summed E-state index contributed by atoms with van der Waals surface area (Å²) in [6.07, 6.45) is 2.99. The number of carboxylic acids is 1. The van der Waals surface area contributed by atoms with Gasteiger partial charge in [0.15, 0.2) is 0 Å². The molecule has 0 saturated heterocycles. The number of nitrogens with one attached hydrogen (secondary N) is 1. The molecule has 0 spiro atoms. The predicted octanol–water partition coefficient (Wildman–Crippen LogP) is 1.74. The van der Waals surface area contributed by atoms with Crippen molar-refractivity contribution in [2.75, 3.05) is 13.1 Å². The molecular weight excluding hydrogens is 228 g/mol. The molecule has 0 atom stereocenters. The van der Waals surface area contributed by atoms with Crippen LogP contribution in [0, 0.1) is 11.6 Å². The Kier molecular flexibility index (Phi) is 5.29. The summed E-state index contributed by atoms with van der Waals surface area (Å²) in [5.74, 6) is -2.18. The molecule has 0 fully saturated rings. The molecule has 0 saturated carbocycles. The van der Waals surface area contributed by atoms with Gasteiger partial charge in [0.05, 0.1) is 0 Å². The minimum atomic E-state index is -1.00. The van der Waals surface area contributed by atoms with Crippen LogP contribution >= 0.6 is 0 Å². The molecule has 0 aliphatic heterocycles. The van der Waals surface area contributed by atoms with Gasteiger partial charge in [-0.15, -0.1) is 0 Å². The highest BCUT2D eigenvalue weighted by Crippen LogP contribution is 2.07. The fraction of sp³-hybridized carbons (Fsp3) is 0.250. The van der Waals surface area contributed by atoms with E-state index in [9.17, 15) is 13.6 Å². The van der Waals surface area contributed by atoms with Crippen molar-refractivity contribution in [1.82, 2.24) is 5.32 Å². The zero-order valence-corrected chi connectivity index (χ0v) is 9.12. The van der Waals surface area contributed by atoms with Crippen LogP contribution in [0.4, 0.5) is 8.78 Å². The molecular formula is C12H13F2NO2. The lowest BCUT2D eigenvalue weighted by molar-refractivity contribution is -0.131. The Labute approximate surface area is 97.8 Å². The summed E-state index contributed by atoms with van der Waals surface area (Å²) in [6.45, 7) is 0.928. The first-order chi connectivity index (χ1) is 8.08. The number of halogens is 2. The van der Waals surface area contributed by atoms with E-state index in [1.165, 1.54) is 18.2 Å². The molecule has 17 heavy (non-hydrogen) atoms. The van der Waals surface area contributed by atoms with E-state index >= 15 is 0 Å². The van der Waals surface area contributed by atoms with Gasteiger partial charge >= 0.3 is 5.97 Å². The maximum Gasteiger partial charge on any atom is 0.328 e. The standard InChI is InChI=1S/C12H13F2NO2/c13-10-6-9(7-11(14)8-10)3-5-15-4-1-2-12(16)17/h1-2,6-8,15H,3-5H2,(H,16,17)/b2-1+. The smallest absolute Gasteiger partial charge is 0.328 e. The normalized spacial score (nSPS) is 10.9. The third-order valence-electron chi connectivity index (χ3n) is 2.04. The molecule has 92 valence electrons. The molecule has 0 aliphatic carbocycles. The highest BCUT2D eigenvalue weighted by Gasteiger charge is 1.99. The summed E-state index contributed by atoms with van der Waals surface area (Å²) >= 11 is 0. The molecule has 1 aromatic carbocycles. The largest absolute Gasteiger partial charge is 0.478 e. The molecule has 0 amide bonds. The lowest BCUT2D eigenvalue weighted by Crippen LogP contribution is -2.17. The third kappa shape index (κ3) is 5.77.